The van der Waals surface area contributed by atoms with Crippen LogP contribution in [0.5, 0.6) is 11.5 Å². The SMILES string of the molecule is COC(=O)C1=C(C)NC(SCC(=O)c2cccs2)=C(C#N)C1c1ccc2c(c1)OCCO2. The topological polar surface area (TPSA) is 97.7 Å². The van der Waals surface area contributed by atoms with E-state index in [0.717, 1.165) is 0 Å². The van der Waals surface area contributed by atoms with Crippen molar-refractivity contribution in [1.82, 2.24) is 5.32 Å². The molecule has 4 rings (SSSR count). The van der Waals surface area contributed by atoms with E-state index in [-0.39, 0.29) is 11.5 Å². The average molecular weight is 469 g/mol. The van der Waals surface area contributed by atoms with Crippen LogP contribution < -0.4 is 14.8 Å². The number of esters is 1. The molecular weight excluding hydrogens is 448 g/mol. The number of nitrogens with zero attached hydrogens (tertiary/aromatic N) is 1. The van der Waals surface area contributed by atoms with Gasteiger partial charge in [-0.05, 0) is 36.1 Å². The lowest BCUT2D eigenvalue weighted by molar-refractivity contribution is -0.136. The zero-order valence-corrected chi connectivity index (χ0v) is 19.1. The van der Waals surface area contributed by atoms with Gasteiger partial charge in [0, 0.05) is 5.70 Å². The Morgan fingerprint density at radius 1 is 1.28 bits per heavy atom. The van der Waals surface area contributed by atoms with E-state index in [1.165, 1.54) is 30.2 Å². The van der Waals surface area contributed by atoms with Crippen LogP contribution >= 0.6 is 23.1 Å². The van der Waals surface area contributed by atoms with Gasteiger partial charge in [-0.1, -0.05) is 23.9 Å². The molecule has 1 unspecified atom stereocenters. The number of hydrogen-bond donors (Lipinski definition) is 1. The molecule has 1 atom stereocenters. The summed E-state index contributed by atoms with van der Waals surface area (Å²) in [6, 6.07) is 11.2. The molecule has 0 aliphatic carbocycles. The minimum atomic E-state index is -0.663. The predicted molar refractivity (Wildman–Crippen MR) is 122 cm³/mol. The fourth-order valence-corrected chi connectivity index (χ4v) is 5.36. The Kier molecular flexibility index (Phi) is 6.53. The minimum Gasteiger partial charge on any atom is -0.486 e. The monoisotopic (exact) mass is 468 g/mol. The van der Waals surface area contributed by atoms with Crippen molar-refractivity contribution >= 4 is 34.9 Å². The van der Waals surface area contributed by atoms with E-state index in [4.69, 9.17) is 14.2 Å². The van der Waals surface area contributed by atoms with Gasteiger partial charge in [-0.15, -0.1) is 11.3 Å². The third kappa shape index (κ3) is 4.24. The quantitative estimate of drug-likeness (QED) is 0.502. The van der Waals surface area contributed by atoms with Crippen LogP contribution in [0.4, 0.5) is 0 Å². The number of Topliss-reactive ketones (excluding diaryl/α,β-unsaturated/α-hetero) is 1. The number of thioether (sulfide) groups is 1. The highest BCUT2D eigenvalue weighted by Crippen LogP contribution is 2.43. The first kappa shape index (κ1) is 22.0. The number of ether oxygens (including phenoxy) is 3. The molecule has 1 aromatic carbocycles. The summed E-state index contributed by atoms with van der Waals surface area (Å²) in [5, 5.41) is 15.6. The standard InChI is InChI=1S/C23H20N2O5S2/c1-13-20(23(27)28-2)21(14-5-6-17-18(10-14)30-8-7-29-17)15(11-24)22(25-13)32-12-16(26)19-4-3-9-31-19/h3-6,9-10,21,25H,7-8,12H2,1-2H3. The van der Waals surface area contributed by atoms with Crippen molar-refractivity contribution < 1.29 is 23.8 Å². The first-order valence-electron chi connectivity index (χ1n) is 9.83. The smallest absolute Gasteiger partial charge is 0.336 e. The number of methoxy groups -OCH3 is 1. The van der Waals surface area contributed by atoms with Gasteiger partial charge < -0.3 is 19.5 Å². The van der Waals surface area contributed by atoms with Crippen molar-refractivity contribution in [2.75, 3.05) is 26.1 Å². The molecule has 164 valence electrons. The van der Waals surface area contributed by atoms with Crippen LogP contribution in [0.25, 0.3) is 0 Å². The van der Waals surface area contributed by atoms with E-state index in [1.54, 1.807) is 25.1 Å². The summed E-state index contributed by atoms with van der Waals surface area (Å²) in [5.74, 6) is 0.141. The number of rotatable bonds is 6. The lowest BCUT2D eigenvalue weighted by Gasteiger charge is -2.29. The Balaban J connectivity index is 1.73. The first-order valence-corrected chi connectivity index (χ1v) is 11.7. The van der Waals surface area contributed by atoms with E-state index in [2.05, 4.69) is 11.4 Å². The molecular formula is C23H20N2O5S2. The Labute approximate surface area is 193 Å². The number of nitriles is 1. The number of thiophene rings is 1. The maximum atomic E-state index is 12.7. The molecule has 0 amide bonds. The van der Waals surface area contributed by atoms with Gasteiger partial charge in [0.25, 0.3) is 0 Å². The summed E-state index contributed by atoms with van der Waals surface area (Å²) in [5.41, 5.74) is 1.96. The summed E-state index contributed by atoms with van der Waals surface area (Å²) in [7, 11) is 1.31. The third-order valence-corrected chi connectivity index (χ3v) is 7.02. The van der Waals surface area contributed by atoms with Gasteiger partial charge in [-0.2, -0.15) is 5.26 Å². The first-order chi connectivity index (χ1) is 15.5. The number of benzene rings is 1. The van der Waals surface area contributed by atoms with Crippen LogP contribution in [-0.2, 0) is 9.53 Å². The second-order valence-electron chi connectivity index (χ2n) is 7.04. The van der Waals surface area contributed by atoms with Gasteiger partial charge in [0.05, 0.1) is 45.9 Å². The number of allylic oxidation sites excluding steroid dienone is 2. The summed E-state index contributed by atoms with van der Waals surface area (Å²) in [6.07, 6.45) is 0. The predicted octanol–water partition coefficient (Wildman–Crippen LogP) is 4.00. The molecule has 32 heavy (non-hydrogen) atoms. The van der Waals surface area contributed by atoms with Gasteiger partial charge in [0.1, 0.15) is 13.2 Å². The molecule has 0 saturated carbocycles. The fraction of sp³-hybridized carbons (Fsp3) is 0.261. The molecule has 2 aromatic rings. The van der Waals surface area contributed by atoms with Crippen molar-refractivity contribution in [1.29, 1.82) is 5.26 Å². The van der Waals surface area contributed by atoms with Crippen LogP contribution in [0.2, 0.25) is 0 Å². The van der Waals surface area contributed by atoms with E-state index in [1.807, 2.05) is 17.5 Å². The van der Waals surface area contributed by atoms with Gasteiger partial charge in [-0.3, -0.25) is 4.79 Å². The van der Waals surface area contributed by atoms with Gasteiger partial charge in [0.15, 0.2) is 17.3 Å². The average Bonchev–Trinajstić information content (AvgIpc) is 3.36. The second-order valence-corrected chi connectivity index (χ2v) is 8.97. The van der Waals surface area contributed by atoms with Gasteiger partial charge >= 0.3 is 5.97 Å². The molecule has 2 aliphatic rings. The Morgan fingerprint density at radius 2 is 2.06 bits per heavy atom. The molecule has 0 saturated heterocycles. The van der Waals surface area contributed by atoms with Crippen LogP contribution in [0.3, 0.4) is 0 Å². The number of hydrogen-bond acceptors (Lipinski definition) is 9. The molecule has 2 aliphatic heterocycles. The highest BCUT2D eigenvalue weighted by atomic mass is 32.2. The molecule has 0 fully saturated rings. The lowest BCUT2D eigenvalue weighted by Crippen LogP contribution is -2.29. The number of ketones is 1. The number of carbonyl (C=O) groups is 2. The Hall–Kier alpha value is -3.22. The normalized spacial score (nSPS) is 17.5. The number of carbonyl (C=O) groups excluding carboxylic acids is 2. The summed E-state index contributed by atoms with van der Waals surface area (Å²) in [4.78, 5) is 25.8. The van der Waals surface area contributed by atoms with Crippen molar-refractivity contribution in [3.05, 3.63) is 68.0 Å². The highest BCUT2D eigenvalue weighted by Gasteiger charge is 2.36. The zero-order valence-electron chi connectivity index (χ0n) is 17.5. The van der Waals surface area contributed by atoms with E-state index in [0.29, 0.717) is 57.0 Å². The molecule has 7 nitrogen and oxygen atoms in total. The van der Waals surface area contributed by atoms with Gasteiger partial charge in [-0.25, -0.2) is 4.79 Å². The molecule has 1 N–H and O–H groups in total. The molecule has 0 radical (unpaired) electrons. The molecule has 3 heterocycles. The van der Waals surface area contributed by atoms with Gasteiger partial charge in [0.2, 0.25) is 0 Å². The van der Waals surface area contributed by atoms with Crippen molar-refractivity contribution in [3.8, 4) is 17.6 Å². The number of dihydropyridines is 1. The summed E-state index contributed by atoms with van der Waals surface area (Å²) in [6.45, 7) is 2.65. The highest BCUT2D eigenvalue weighted by molar-refractivity contribution is 8.03. The van der Waals surface area contributed by atoms with E-state index < -0.39 is 11.9 Å². The molecule has 1 aromatic heterocycles. The minimum absolute atomic E-state index is 0.0205. The van der Waals surface area contributed by atoms with Crippen LogP contribution in [0.1, 0.15) is 28.1 Å². The third-order valence-electron chi connectivity index (χ3n) is 5.10. The maximum absolute atomic E-state index is 12.7. The second kappa shape index (κ2) is 9.51. The van der Waals surface area contributed by atoms with Crippen LogP contribution in [0.15, 0.2) is 57.6 Å². The Bertz CT molecular complexity index is 1160. The lowest BCUT2D eigenvalue weighted by atomic mass is 9.82. The zero-order chi connectivity index (χ0) is 22.7. The molecule has 9 heteroatoms. The van der Waals surface area contributed by atoms with Crippen LogP contribution in [0, 0.1) is 11.3 Å². The summed E-state index contributed by atoms with van der Waals surface area (Å²) >= 11 is 2.63. The number of fused-ring (bicyclic) bond motifs is 1. The molecule has 0 bridgehead atoms. The van der Waals surface area contributed by atoms with Crippen molar-refractivity contribution in [2.24, 2.45) is 0 Å². The van der Waals surface area contributed by atoms with E-state index in [9.17, 15) is 14.9 Å². The Morgan fingerprint density at radius 3 is 2.75 bits per heavy atom. The van der Waals surface area contributed by atoms with Crippen molar-refractivity contribution in [3.63, 3.8) is 0 Å². The maximum Gasteiger partial charge on any atom is 0.336 e. The molecule has 0 spiro atoms. The summed E-state index contributed by atoms with van der Waals surface area (Å²) < 4.78 is 16.3. The van der Waals surface area contributed by atoms with Crippen LogP contribution in [-0.4, -0.2) is 37.8 Å². The fourth-order valence-electron chi connectivity index (χ4n) is 3.63. The van der Waals surface area contributed by atoms with E-state index >= 15 is 0 Å². The largest absolute Gasteiger partial charge is 0.486 e. The number of nitrogens with one attached hydrogen (secondary N) is 1. The van der Waals surface area contributed by atoms with Crippen molar-refractivity contribution in [2.45, 2.75) is 12.8 Å².